The van der Waals surface area contributed by atoms with E-state index in [0.717, 1.165) is 54.1 Å². The van der Waals surface area contributed by atoms with Crippen molar-refractivity contribution in [2.45, 2.75) is 52.4 Å². The van der Waals surface area contributed by atoms with E-state index in [1.165, 1.54) is 0 Å². The molecule has 2 aromatic heterocycles. The summed E-state index contributed by atoms with van der Waals surface area (Å²) in [7, 11) is 3.44. The van der Waals surface area contributed by atoms with Gasteiger partial charge in [0.15, 0.2) is 11.8 Å². The first-order valence-corrected chi connectivity index (χ1v) is 8.53. The van der Waals surface area contributed by atoms with Gasteiger partial charge in [-0.15, -0.1) is 24.0 Å². The molecule has 8 nitrogen and oxygen atoms in total. The van der Waals surface area contributed by atoms with Gasteiger partial charge >= 0.3 is 0 Å². The molecule has 2 aromatic rings. The van der Waals surface area contributed by atoms with Gasteiger partial charge < -0.3 is 19.8 Å². The minimum atomic E-state index is 0. The van der Waals surface area contributed by atoms with Crippen LogP contribution in [0.2, 0.25) is 0 Å². The molecule has 26 heavy (non-hydrogen) atoms. The number of aromatic nitrogens is 3. The van der Waals surface area contributed by atoms with E-state index >= 15 is 0 Å². The summed E-state index contributed by atoms with van der Waals surface area (Å²) in [6, 6.07) is 2.32. The van der Waals surface area contributed by atoms with E-state index in [4.69, 9.17) is 9.15 Å². The van der Waals surface area contributed by atoms with Crippen molar-refractivity contribution in [2.24, 2.45) is 4.99 Å². The first-order valence-electron chi connectivity index (χ1n) is 8.53. The van der Waals surface area contributed by atoms with Crippen molar-refractivity contribution in [1.82, 2.24) is 25.4 Å². The molecule has 0 amide bonds. The van der Waals surface area contributed by atoms with Gasteiger partial charge in [-0.1, -0.05) is 0 Å². The number of ether oxygens (including phenoxy) is 1. The molecule has 0 bridgehead atoms. The first-order chi connectivity index (χ1) is 12.1. The molecule has 0 aliphatic carbocycles. The van der Waals surface area contributed by atoms with Crippen LogP contribution in [0.25, 0.3) is 0 Å². The number of aliphatic imine (C=N–C) groups is 1. The molecule has 0 saturated carbocycles. The number of methoxy groups -OCH3 is 1. The van der Waals surface area contributed by atoms with Crippen LogP contribution in [0.3, 0.4) is 0 Å². The SMILES string of the molecule is CN=C(NCc1cc(C)oc1C)NC1CCc2nc(COC)nn2C1.I. The van der Waals surface area contributed by atoms with Crippen molar-refractivity contribution in [1.29, 1.82) is 0 Å². The van der Waals surface area contributed by atoms with Crippen molar-refractivity contribution in [2.75, 3.05) is 14.2 Å². The highest BCUT2D eigenvalue weighted by atomic mass is 127. The summed E-state index contributed by atoms with van der Waals surface area (Å²) >= 11 is 0. The fraction of sp³-hybridized carbons (Fsp3) is 0.588. The number of furan rings is 1. The molecule has 1 aliphatic rings. The molecule has 0 radical (unpaired) electrons. The smallest absolute Gasteiger partial charge is 0.191 e. The fourth-order valence-electron chi connectivity index (χ4n) is 3.09. The lowest BCUT2D eigenvalue weighted by Crippen LogP contribution is -2.46. The van der Waals surface area contributed by atoms with Gasteiger partial charge in [0, 0.05) is 38.7 Å². The average Bonchev–Trinajstić information content (AvgIpc) is 3.13. The molecule has 0 saturated heterocycles. The monoisotopic (exact) mass is 474 g/mol. The lowest BCUT2D eigenvalue weighted by molar-refractivity contribution is 0.177. The van der Waals surface area contributed by atoms with Gasteiger partial charge in [-0.2, -0.15) is 5.10 Å². The van der Waals surface area contributed by atoms with Crippen LogP contribution in [0, 0.1) is 13.8 Å². The zero-order chi connectivity index (χ0) is 17.8. The standard InChI is InChI=1S/C17H26N6O2.HI/c1-11-7-13(12(2)25-11)8-19-17(18-3)20-14-5-6-16-21-15(10-24-4)22-23(16)9-14;/h7,14H,5-6,8-10H2,1-4H3,(H2,18,19,20);1H. The Bertz CT molecular complexity index is 755. The van der Waals surface area contributed by atoms with E-state index in [-0.39, 0.29) is 30.0 Å². The van der Waals surface area contributed by atoms with Gasteiger partial charge in [0.05, 0.1) is 6.54 Å². The molecule has 9 heteroatoms. The Morgan fingerprint density at radius 3 is 2.92 bits per heavy atom. The van der Waals surface area contributed by atoms with E-state index in [1.807, 2.05) is 18.5 Å². The first kappa shape index (κ1) is 20.7. The lowest BCUT2D eigenvalue weighted by atomic mass is 10.1. The predicted octanol–water partition coefficient (Wildman–Crippen LogP) is 1.93. The second-order valence-corrected chi connectivity index (χ2v) is 6.30. The minimum absolute atomic E-state index is 0. The van der Waals surface area contributed by atoms with E-state index in [2.05, 4.69) is 31.8 Å². The molecule has 3 rings (SSSR count). The van der Waals surface area contributed by atoms with Crippen molar-refractivity contribution in [3.63, 3.8) is 0 Å². The summed E-state index contributed by atoms with van der Waals surface area (Å²) in [5.74, 6) is 4.42. The van der Waals surface area contributed by atoms with E-state index in [0.29, 0.717) is 13.2 Å². The number of hydrogen-bond donors (Lipinski definition) is 2. The van der Waals surface area contributed by atoms with Gasteiger partial charge in [0.25, 0.3) is 0 Å². The number of aryl methyl sites for hydroxylation is 3. The third kappa shape index (κ3) is 4.97. The molecule has 0 spiro atoms. The van der Waals surface area contributed by atoms with Gasteiger partial charge in [-0.3, -0.25) is 4.99 Å². The summed E-state index contributed by atoms with van der Waals surface area (Å²) in [6.07, 6.45) is 1.89. The predicted molar refractivity (Wildman–Crippen MR) is 110 cm³/mol. The van der Waals surface area contributed by atoms with Crippen LogP contribution in [0.1, 0.15) is 35.2 Å². The van der Waals surface area contributed by atoms with Crippen LogP contribution in [-0.2, 0) is 30.9 Å². The Labute approximate surface area is 170 Å². The number of guanidine groups is 1. The summed E-state index contributed by atoms with van der Waals surface area (Å²) in [5.41, 5.74) is 1.15. The summed E-state index contributed by atoms with van der Waals surface area (Å²) < 4.78 is 12.6. The van der Waals surface area contributed by atoms with E-state index in [1.54, 1.807) is 14.2 Å². The zero-order valence-electron chi connectivity index (χ0n) is 15.7. The maximum Gasteiger partial charge on any atom is 0.191 e. The highest BCUT2D eigenvalue weighted by molar-refractivity contribution is 14.0. The van der Waals surface area contributed by atoms with Crippen LogP contribution in [-0.4, -0.2) is 40.9 Å². The normalized spacial score (nSPS) is 16.8. The fourth-order valence-corrected chi connectivity index (χ4v) is 3.09. The third-order valence-corrected chi connectivity index (χ3v) is 4.33. The van der Waals surface area contributed by atoms with Crippen molar-refractivity contribution in [3.05, 3.63) is 34.8 Å². The van der Waals surface area contributed by atoms with E-state index < -0.39 is 0 Å². The Balaban J connectivity index is 0.00000243. The molecular formula is C17H27IN6O2. The third-order valence-electron chi connectivity index (χ3n) is 4.33. The number of halogens is 1. The Kier molecular flexibility index (Phi) is 7.44. The largest absolute Gasteiger partial charge is 0.466 e. The molecule has 2 N–H and O–H groups in total. The van der Waals surface area contributed by atoms with Gasteiger partial charge in [0.2, 0.25) is 0 Å². The Morgan fingerprint density at radius 1 is 1.46 bits per heavy atom. The summed E-state index contributed by atoms with van der Waals surface area (Å²) in [4.78, 5) is 8.83. The average molecular weight is 474 g/mol. The van der Waals surface area contributed by atoms with Gasteiger partial charge in [-0.05, 0) is 26.3 Å². The molecule has 1 unspecified atom stereocenters. The van der Waals surface area contributed by atoms with Crippen LogP contribution < -0.4 is 10.6 Å². The topological polar surface area (TPSA) is 89.5 Å². The van der Waals surface area contributed by atoms with Crippen LogP contribution in [0.4, 0.5) is 0 Å². The molecular weight excluding hydrogens is 447 g/mol. The van der Waals surface area contributed by atoms with Crippen LogP contribution in [0.15, 0.2) is 15.5 Å². The molecule has 1 aliphatic heterocycles. The molecule has 144 valence electrons. The highest BCUT2D eigenvalue weighted by Gasteiger charge is 2.22. The number of rotatable bonds is 5. The zero-order valence-corrected chi connectivity index (χ0v) is 18.0. The Morgan fingerprint density at radius 2 is 2.27 bits per heavy atom. The Hall–Kier alpha value is -1.62. The number of fused-ring (bicyclic) bond motifs is 1. The number of nitrogens with zero attached hydrogens (tertiary/aromatic N) is 4. The van der Waals surface area contributed by atoms with E-state index in [9.17, 15) is 0 Å². The molecule has 0 aromatic carbocycles. The van der Waals surface area contributed by atoms with Crippen LogP contribution in [0.5, 0.6) is 0 Å². The van der Waals surface area contributed by atoms with Gasteiger partial charge in [-0.25, -0.2) is 9.67 Å². The summed E-state index contributed by atoms with van der Waals surface area (Å²) in [5, 5.41) is 11.3. The lowest BCUT2D eigenvalue weighted by Gasteiger charge is -2.25. The maximum atomic E-state index is 5.56. The highest BCUT2D eigenvalue weighted by Crippen LogP contribution is 2.14. The minimum Gasteiger partial charge on any atom is -0.466 e. The number of hydrogen-bond acceptors (Lipinski definition) is 5. The van der Waals surface area contributed by atoms with Crippen molar-refractivity contribution in [3.8, 4) is 0 Å². The maximum absolute atomic E-state index is 5.56. The molecule has 1 atom stereocenters. The molecule has 3 heterocycles. The van der Waals surface area contributed by atoms with Gasteiger partial charge in [0.1, 0.15) is 24.0 Å². The quantitative estimate of drug-likeness (QED) is 0.391. The van der Waals surface area contributed by atoms with Crippen molar-refractivity contribution >= 4 is 29.9 Å². The number of nitrogens with one attached hydrogen (secondary N) is 2. The second-order valence-electron chi connectivity index (χ2n) is 6.30. The summed E-state index contributed by atoms with van der Waals surface area (Å²) in [6.45, 7) is 5.84. The second kappa shape index (κ2) is 9.36. The van der Waals surface area contributed by atoms with Crippen molar-refractivity contribution < 1.29 is 9.15 Å². The molecule has 0 fully saturated rings. The van der Waals surface area contributed by atoms with Crippen LogP contribution >= 0.6 is 24.0 Å².